The zero-order valence-electron chi connectivity index (χ0n) is 10.0. The number of hydrogen-bond donors (Lipinski definition) is 1. The highest BCUT2D eigenvalue weighted by molar-refractivity contribution is 9.10. The fourth-order valence-corrected chi connectivity index (χ4v) is 3.19. The first-order valence-electron chi connectivity index (χ1n) is 5.09. The summed E-state index contributed by atoms with van der Waals surface area (Å²) < 4.78 is 6.86. The number of hydrogen-bond acceptors (Lipinski definition) is 4. The van der Waals surface area contributed by atoms with Gasteiger partial charge in [0.2, 0.25) is 0 Å². The van der Waals surface area contributed by atoms with E-state index in [1.807, 2.05) is 13.0 Å². The summed E-state index contributed by atoms with van der Waals surface area (Å²) in [6.07, 6.45) is 0. The number of aromatic nitrogens is 2. The van der Waals surface area contributed by atoms with Crippen molar-refractivity contribution < 1.29 is 9.53 Å². The zero-order valence-corrected chi connectivity index (χ0v) is 12.4. The van der Waals surface area contributed by atoms with E-state index < -0.39 is 5.97 Å². The molecular formula is C11H11BrN2O3S. The van der Waals surface area contributed by atoms with Crippen LogP contribution in [0.25, 0.3) is 10.4 Å². The van der Waals surface area contributed by atoms with Crippen molar-refractivity contribution in [2.45, 2.75) is 6.92 Å². The van der Waals surface area contributed by atoms with Gasteiger partial charge in [-0.2, -0.15) is 0 Å². The summed E-state index contributed by atoms with van der Waals surface area (Å²) in [6.45, 7) is 1.94. The van der Waals surface area contributed by atoms with Crippen molar-refractivity contribution in [3.63, 3.8) is 0 Å². The number of carbonyl (C=O) groups is 1. The molecule has 0 aromatic carbocycles. The quantitative estimate of drug-likeness (QED) is 0.859. The molecule has 0 saturated heterocycles. The van der Waals surface area contributed by atoms with Gasteiger partial charge in [0.15, 0.2) is 5.69 Å². The molecule has 0 atom stereocenters. The Balaban J connectivity index is 2.69. The number of esters is 1. The van der Waals surface area contributed by atoms with Crippen molar-refractivity contribution in [1.29, 1.82) is 0 Å². The minimum atomic E-state index is -0.551. The first kappa shape index (κ1) is 13.1. The van der Waals surface area contributed by atoms with E-state index in [4.69, 9.17) is 0 Å². The number of ether oxygens (including phenoxy) is 1. The van der Waals surface area contributed by atoms with Crippen LogP contribution in [0.3, 0.4) is 0 Å². The van der Waals surface area contributed by atoms with Gasteiger partial charge < -0.3 is 4.74 Å². The molecule has 1 N–H and O–H groups in total. The molecule has 96 valence electrons. The lowest BCUT2D eigenvalue weighted by Crippen LogP contribution is -2.12. The van der Waals surface area contributed by atoms with Crippen LogP contribution in [0.5, 0.6) is 0 Å². The van der Waals surface area contributed by atoms with E-state index in [1.54, 1.807) is 7.05 Å². The Hall–Kier alpha value is -1.34. The number of nitrogens with zero attached hydrogens (tertiary/aromatic N) is 1. The standard InChI is InChI=1S/C11H11BrN2O3S/c1-5-6(12)4-7(18-5)8-9(11(16)17-3)13-14(2)10(8)15/h4,13H,1-3H3. The van der Waals surface area contributed by atoms with Gasteiger partial charge in [-0.05, 0) is 28.9 Å². The summed E-state index contributed by atoms with van der Waals surface area (Å²) in [5.74, 6) is -0.551. The van der Waals surface area contributed by atoms with Gasteiger partial charge in [-0.3, -0.25) is 14.6 Å². The summed E-state index contributed by atoms with van der Waals surface area (Å²) in [7, 11) is 2.85. The van der Waals surface area contributed by atoms with Gasteiger partial charge in [-0.25, -0.2) is 4.79 Å². The van der Waals surface area contributed by atoms with E-state index >= 15 is 0 Å². The molecule has 0 fully saturated rings. The lowest BCUT2D eigenvalue weighted by molar-refractivity contribution is 0.0594. The number of aryl methyl sites for hydroxylation is 2. The average Bonchev–Trinajstić information content (AvgIpc) is 2.81. The van der Waals surface area contributed by atoms with Crippen LogP contribution in [-0.4, -0.2) is 22.9 Å². The number of nitrogens with one attached hydrogen (secondary N) is 1. The SMILES string of the molecule is COC(=O)c1[nH]n(C)c(=O)c1-c1cc(Br)c(C)s1. The van der Waals surface area contributed by atoms with E-state index in [9.17, 15) is 9.59 Å². The van der Waals surface area contributed by atoms with Crippen molar-refractivity contribution in [1.82, 2.24) is 9.78 Å². The first-order chi connectivity index (χ1) is 8.45. The minimum absolute atomic E-state index is 0.179. The van der Waals surface area contributed by atoms with Crippen molar-refractivity contribution in [2.75, 3.05) is 7.11 Å². The molecule has 2 aromatic heterocycles. The Morgan fingerprint density at radius 2 is 2.22 bits per heavy atom. The lowest BCUT2D eigenvalue weighted by Gasteiger charge is -1.97. The predicted molar refractivity (Wildman–Crippen MR) is 73.1 cm³/mol. The molecule has 5 nitrogen and oxygen atoms in total. The average molecular weight is 331 g/mol. The Morgan fingerprint density at radius 1 is 1.56 bits per heavy atom. The summed E-state index contributed by atoms with van der Waals surface area (Å²) in [6, 6.07) is 1.83. The molecular weight excluding hydrogens is 320 g/mol. The topological polar surface area (TPSA) is 64.1 Å². The van der Waals surface area contributed by atoms with Crippen LogP contribution in [0.15, 0.2) is 15.3 Å². The fraction of sp³-hybridized carbons (Fsp3) is 0.273. The minimum Gasteiger partial charge on any atom is -0.464 e. The highest BCUT2D eigenvalue weighted by atomic mass is 79.9. The molecule has 0 radical (unpaired) electrons. The second kappa shape index (κ2) is 4.74. The van der Waals surface area contributed by atoms with E-state index in [2.05, 4.69) is 25.8 Å². The number of H-pyrrole nitrogens is 1. The molecule has 0 amide bonds. The molecule has 0 saturated carbocycles. The van der Waals surface area contributed by atoms with Crippen LogP contribution < -0.4 is 5.56 Å². The Kier molecular flexibility index (Phi) is 3.45. The highest BCUT2D eigenvalue weighted by Gasteiger charge is 2.22. The molecule has 0 aliphatic rings. The second-order valence-electron chi connectivity index (χ2n) is 3.73. The summed E-state index contributed by atoms with van der Waals surface area (Å²) in [5.41, 5.74) is 0.283. The maximum atomic E-state index is 12.0. The van der Waals surface area contributed by atoms with Gasteiger partial charge >= 0.3 is 5.97 Å². The molecule has 0 aliphatic carbocycles. The van der Waals surface area contributed by atoms with E-state index in [-0.39, 0.29) is 11.3 Å². The van der Waals surface area contributed by atoms with Gasteiger partial charge in [0.1, 0.15) is 0 Å². The van der Waals surface area contributed by atoms with Gasteiger partial charge in [0.05, 0.1) is 12.7 Å². The van der Waals surface area contributed by atoms with Crippen LogP contribution in [0.4, 0.5) is 0 Å². The maximum Gasteiger partial charge on any atom is 0.356 e. The Morgan fingerprint density at radius 3 is 2.72 bits per heavy atom. The number of thiophene rings is 1. The van der Waals surface area contributed by atoms with Crippen molar-refractivity contribution >= 4 is 33.2 Å². The summed E-state index contributed by atoms with van der Waals surface area (Å²) in [4.78, 5) is 25.5. The number of rotatable bonds is 2. The van der Waals surface area contributed by atoms with E-state index in [1.165, 1.54) is 23.1 Å². The van der Waals surface area contributed by atoms with Gasteiger partial charge in [-0.1, -0.05) is 0 Å². The zero-order chi connectivity index (χ0) is 13.4. The first-order valence-corrected chi connectivity index (χ1v) is 6.70. The molecule has 2 heterocycles. The van der Waals surface area contributed by atoms with Crippen LogP contribution >= 0.6 is 27.3 Å². The van der Waals surface area contributed by atoms with E-state index in [0.717, 1.165) is 14.2 Å². The monoisotopic (exact) mass is 330 g/mol. The number of methoxy groups -OCH3 is 1. The van der Waals surface area contributed by atoms with Crippen molar-refractivity contribution in [2.24, 2.45) is 7.05 Å². The molecule has 2 aromatic rings. The van der Waals surface area contributed by atoms with Crippen LogP contribution in [-0.2, 0) is 11.8 Å². The molecule has 0 spiro atoms. The largest absolute Gasteiger partial charge is 0.464 e. The Labute approximate surface area is 115 Å². The third-order valence-electron chi connectivity index (χ3n) is 2.54. The number of aromatic amines is 1. The molecule has 0 aliphatic heterocycles. The van der Waals surface area contributed by atoms with Crippen LogP contribution in [0.2, 0.25) is 0 Å². The molecule has 0 bridgehead atoms. The maximum absolute atomic E-state index is 12.0. The number of halogens is 1. The van der Waals surface area contributed by atoms with E-state index in [0.29, 0.717) is 5.56 Å². The fourth-order valence-electron chi connectivity index (χ4n) is 1.61. The Bertz CT molecular complexity index is 649. The third kappa shape index (κ3) is 2.04. The normalized spacial score (nSPS) is 10.7. The van der Waals surface area contributed by atoms with Crippen LogP contribution in [0, 0.1) is 6.92 Å². The van der Waals surface area contributed by atoms with Crippen molar-refractivity contribution in [3.05, 3.63) is 31.5 Å². The smallest absolute Gasteiger partial charge is 0.356 e. The highest BCUT2D eigenvalue weighted by Crippen LogP contribution is 2.33. The third-order valence-corrected chi connectivity index (χ3v) is 4.70. The van der Waals surface area contributed by atoms with Gasteiger partial charge in [-0.15, -0.1) is 11.3 Å². The van der Waals surface area contributed by atoms with Crippen molar-refractivity contribution in [3.8, 4) is 10.4 Å². The predicted octanol–water partition coefficient (Wildman–Crippen LogP) is 2.30. The molecule has 0 unspecified atom stereocenters. The molecule has 18 heavy (non-hydrogen) atoms. The second-order valence-corrected chi connectivity index (χ2v) is 5.84. The number of carbonyl (C=O) groups excluding carboxylic acids is 1. The molecule has 2 rings (SSSR count). The summed E-state index contributed by atoms with van der Waals surface area (Å²) in [5, 5.41) is 2.71. The van der Waals surface area contributed by atoms with Gasteiger partial charge in [0.25, 0.3) is 5.56 Å². The summed E-state index contributed by atoms with van der Waals surface area (Å²) >= 11 is 4.85. The lowest BCUT2D eigenvalue weighted by atomic mass is 10.2. The van der Waals surface area contributed by atoms with Crippen LogP contribution in [0.1, 0.15) is 15.4 Å². The van der Waals surface area contributed by atoms with Gasteiger partial charge in [0, 0.05) is 21.3 Å². The molecule has 7 heteroatoms.